The van der Waals surface area contributed by atoms with Crippen LogP contribution in [-0.4, -0.2) is 40.2 Å². The standard InChI is InChI=1S/C16H19NO3S2/c18-8-10-22-14-13(12-7-4-9-21-12)15(19)17(16(14)20)11-5-2-1-3-6-11/h4,7,9,11,18H,1-3,5-6,8,10H2. The fraction of sp³-hybridized carbons (Fsp3) is 0.500. The van der Waals surface area contributed by atoms with Crippen molar-refractivity contribution in [3.63, 3.8) is 0 Å². The molecule has 2 amide bonds. The Bertz CT molecular complexity index is 589. The molecule has 22 heavy (non-hydrogen) atoms. The van der Waals surface area contributed by atoms with Crippen LogP contribution in [0.2, 0.25) is 0 Å². The monoisotopic (exact) mass is 337 g/mol. The van der Waals surface area contributed by atoms with Gasteiger partial charge < -0.3 is 5.11 Å². The maximum atomic E-state index is 12.9. The minimum atomic E-state index is -0.168. The summed E-state index contributed by atoms with van der Waals surface area (Å²) < 4.78 is 0. The van der Waals surface area contributed by atoms with Gasteiger partial charge in [0.2, 0.25) is 0 Å². The summed E-state index contributed by atoms with van der Waals surface area (Å²) in [5.41, 5.74) is 0.532. The fourth-order valence-corrected chi connectivity index (χ4v) is 4.81. The minimum absolute atomic E-state index is 0.00319. The lowest BCUT2D eigenvalue weighted by atomic mass is 9.94. The van der Waals surface area contributed by atoms with Crippen molar-refractivity contribution in [2.24, 2.45) is 0 Å². The summed E-state index contributed by atoms with van der Waals surface area (Å²) in [6, 6.07) is 3.81. The van der Waals surface area contributed by atoms with E-state index < -0.39 is 0 Å². The number of thioether (sulfide) groups is 1. The molecule has 4 nitrogen and oxygen atoms in total. The van der Waals surface area contributed by atoms with Crippen molar-refractivity contribution in [3.8, 4) is 0 Å². The molecule has 118 valence electrons. The first-order valence-electron chi connectivity index (χ1n) is 7.63. The zero-order valence-corrected chi connectivity index (χ0v) is 13.9. The second kappa shape index (κ2) is 6.98. The third-order valence-corrected chi connectivity index (χ3v) is 6.06. The van der Waals surface area contributed by atoms with Crippen molar-refractivity contribution in [1.29, 1.82) is 0 Å². The van der Waals surface area contributed by atoms with Crippen LogP contribution in [0.5, 0.6) is 0 Å². The fourth-order valence-electron chi connectivity index (χ4n) is 3.12. The van der Waals surface area contributed by atoms with Gasteiger partial charge in [-0.05, 0) is 24.3 Å². The van der Waals surface area contributed by atoms with Crippen LogP contribution in [0.3, 0.4) is 0 Å². The number of aliphatic hydroxyl groups is 1. The van der Waals surface area contributed by atoms with Gasteiger partial charge in [-0.15, -0.1) is 23.1 Å². The van der Waals surface area contributed by atoms with Gasteiger partial charge in [-0.25, -0.2) is 0 Å². The van der Waals surface area contributed by atoms with E-state index in [1.54, 1.807) is 0 Å². The van der Waals surface area contributed by atoms with E-state index in [0.29, 0.717) is 16.2 Å². The molecule has 1 aliphatic carbocycles. The van der Waals surface area contributed by atoms with Crippen LogP contribution in [0.1, 0.15) is 37.0 Å². The van der Waals surface area contributed by atoms with Crippen molar-refractivity contribution in [3.05, 3.63) is 27.3 Å². The number of imide groups is 1. The first-order chi connectivity index (χ1) is 10.7. The molecule has 0 unspecified atom stereocenters. The molecule has 1 aromatic rings. The van der Waals surface area contributed by atoms with Crippen molar-refractivity contribution in [2.75, 3.05) is 12.4 Å². The molecular formula is C16H19NO3S2. The average Bonchev–Trinajstić information content (AvgIpc) is 3.13. The molecule has 3 rings (SSSR count). The second-order valence-corrected chi connectivity index (χ2v) is 7.58. The molecule has 0 atom stereocenters. The van der Waals surface area contributed by atoms with Gasteiger partial charge in [-0.1, -0.05) is 25.3 Å². The smallest absolute Gasteiger partial charge is 0.268 e. The minimum Gasteiger partial charge on any atom is -0.396 e. The van der Waals surface area contributed by atoms with Crippen LogP contribution >= 0.6 is 23.1 Å². The molecule has 0 spiro atoms. The Hall–Kier alpha value is -1.11. The largest absolute Gasteiger partial charge is 0.396 e. The number of nitrogens with zero attached hydrogens (tertiary/aromatic N) is 1. The maximum absolute atomic E-state index is 12.9. The molecule has 6 heteroatoms. The predicted octanol–water partition coefficient (Wildman–Crippen LogP) is 2.89. The lowest BCUT2D eigenvalue weighted by Crippen LogP contribution is -2.42. The van der Waals surface area contributed by atoms with Gasteiger partial charge >= 0.3 is 0 Å². The van der Waals surface area contributed by atoms with Gasteiger partial charge in [0.15, 0.2) is 0 Å². The van der Waals surface area contributed by atoms with Crippen LogP contribution in [0.4, 0.5) is 0 Å². The van der Waals surface area contributed by atoms with E-state index in [4.69, 9.17) is 5.11 Å². The molecule has 1 fully saturated rings. The van der Waals surface area contributed by atoms with E-state index in [9.17, 15) is 9.59 Å². The molecule has 2 heterocycles. The molecule has 1 aliphatic heterocycles. The summed E-state index contributed by atoms with van der Waals surface area (Å²) >= 11 is 2.77. The highest BCUT2D eigenvalue weighted by molar-refractivity contribution is 8.04. The lowest BCUT2D eigenvalue weighted by Gasteiger charge is -2.29. The lowest BCUT2D eigenvalue weighted by molar-refractivity contribution is -0.139. The Morgan fingerprint density at radius 2 is 2.00 bits per heavy atom. The van der Waals surface area contributed by atoms with Crippen molar-refractivity contribution in [1.82, 2.24) is 4.90 Å². The molecule has 0 aromatic carbocycles. The summed E-state index contributed by atoms with van der Waals surface area (Å²) in [5, 5.41) is 11.0. The number of amides is 2. The van der Waals surface area contributed by atoms with Gasteiger partial charge in [0.25, 0.3) is 11.8 Å². The Balaban J connectivity index is 1.93. The number of carbonyl (C=O) groups excluding carboxylic acids is 2. The van der Waals surface area contributed by atoms with Gasteiger partial charge in [0.05, 0.1) is 17.1 Å². The average molecular weight is 337 g/mol. The normalized spacial score (nSPS) is 20.3. The Kier molecular flexibility index (Phi) is 5.00. The van der Waals surface area contributed by atoms with E-state index >= 15 is 0 Å². The van der Waals surface area contributed by atoms with Crippen molar-refractivity contribution in [2.45, 2.75) is 38.1 Å². The zero-order chi connectivity index (χ0) is 15.5. The summed E-state index contributed by atoms with van der Waals surface area (Å²) in [6.45, 7) is -0.00319. The topological polar surface area (TPSA) is 57.6 Å². The Morgan fingerprint density at radius 3 is 2.64 bits per heavy atom. The molecule has 2 aliphatic rings. The van der Waals surface area contributed by atoms with E-state index in [2.05, 4.69) is 0 Å². The summed E-state index contributed by atoms with van der Waals surface area (Å²) in [7, 11) is 0. The molecule has 1 aromatic heterocycles. The highest BCUT2D eigenvalue weighted by Crippen LogP contribution is 2.40. The van der Waals surface area contributed by atoms with Crippen LogP contribution in [0.25, 0.3) is 5.57 Å². The van der Waals surface area contributed by atoms with E-state index in [-0.39, 0.29) is 24.5 Å². The first kappa shape index (κ1) is 15.8. The molecule has 1 N–H and O–H groups in total. The van der Waals surface area contributed by atoms with Crippen LogP contribution in [0.15, 0.2) is 22.4 Å². The third-order valence-electron chi connectivity index (χ3n) is 4.12. The van der Waals surface area contributed by atoms with Gasteiger partial charge in [0, 0.05) is 16.7 Å². The predicted molar refractivity (Wildman–Crippen MR) is 89.5 cm³/mol. The van der Waals surface area contributed by atoms with Crippen LogP contribution < -0.4 is 0 Å². The highest BCUT2D eigenvalue weighted by Gasteiger charge is 2.43. The zero-order valence-electron chi connectivity index (χ0n) is 12.3. The Morgan fingerprint density at radius 1 is 1.23 bits per heavy atom. The van der Waals surface area contributed by atoms with Crippen molar-refractivity contribution >= 4 is 40.5 Å². The van der Waals surface area contributed by atoms with E-state index in [1.807, 2.05) is 17.5 Å². The summed E-state index contributed by atoms with van der Waals surface area (Å²) in [5.74, 6) is 0.111. The summed E-state index contributed by atoms with van der Waals surface area (Å²) in [4.78, 5) is 28.5. The van der Waals surface area contributed by atoms with Gasteiger partial charge in [-0.3, -0.25) is 14.5 Å². The van der Waals surface area contributed by atoms with Gasteiger partial charge in [-0.2, -0.15) is 0 Å². The molecule has 0 radical (unpaired) electrons. The number of carbonyl (C=O) groups is 2. The summed E-state index contributed by atoms with van der Waals surface area (Å²) in [6.07, 6.45) is 5.16. The molecule has 0 bridgehead atoms. The molecule has 1 saturated carbocycles. The van der Waals surface area contributed by atoms with E-state index in [0.717, 1.165) is 30.6 Å². The number of thiophene rings is 1. The van der Waals surface area contributed by atoms with E-state index in [1.165, 1.54) is 34.4 Å². The molecular weight excluding hydrogens is 318 g/mol. The molecule has 0 saturated heterocycles. The van der Waals surface area contributed by atoms with Crippen molar-refractivity contribution < 1.29 is 14.7 Å². The maximum Gasteiger partial charge on any atom is 0.268 e. The SMILES string of the molecule is O=C1C(SCCO)=C(c2cccs2)C(=O)N1C1CCCCC1. The first-order valence-corrected chi connectivity index (χ1v) is 9.50. The number of hydrogen-bond acceptors (Lipinski definition) is 5. The second-order valence-electron chi connectivity index (χ2n) is 5.53. The Labute approximate surface area is 138 Å². The number of aliphatic hydroxyl groups excluding tert-OH is 1. The number of hydrogen-bond donors (Lipinski definition) is 1. The van der Waals surface area contributed by atoms with Crippen LogP contribution in [0, 0.1) is 0 Å². The quantitative estimate of drug-likeness (QED) is 0.840. The number of rotatable bonds is 5. The third kappa shape index (κ3) is 2.87. The van der Waals surface area contributed by atoms with Gasteiger partial charge in [0.1, 0.15) is 0 Å². The van der Waals surface area contributed by atoms with Crippen LogP contribution in [-0.2, 0) is 9.59 Å². The highest BCUT2D eigenvalue weighted by atomic mass is 32.2.